The van der Waals surface area contributed by atoms with Crippen LogP contribution in [-0.2, 0) is 19.6 Å². The van der Waals surface area contributed by atoms with Gasteiger partial charge in [0.1, 0.15) is 17.4 Å². The van der Waals surface area contributed by atoms with Gasteiger partial charge in [-0.05, 0) is 45.0 Å². The molecule has 1 atom stereocenters. The van der Waals surface area contributed by atoms with Gasteiger partial charge < -0.3 is 9.47 Å². The summed E-state index contributed by atoms with van der Waals surface area (Å²) in [6.07, 6.45) is 0. The van der Waals surface area contributed by atoms with Gasteiger partial charge in [-0.1, -0.05) is 0 Å². The molecule has 0 aliphatic carbocycles. The summed E-state index contributed by atoms with van der Waals surface area (Å²) in [5, 5.41) is 8.79. The van der Waals surface area contributed by atoms with Gasteiger partial charge in [0.2, 0.25) is 10.0 Å². The van der Waals surface area contributed by atoms with Gasteiger partial charge in [0.25, 0.3) is 5.91 Å². The summed E-state index contributed by atoms with van der Waals surface area (Å²) in [7, 11) is -3.90. The first kappa shape index (κ1) is 18.7. The van der Waals surface area contributed by atoms with Crippen molar-refractivity contribution in [2.75, 3.05) is 19.8 Å². The lowest BCUT2D eigenvalue weighted by atomic mass is 10.2. The molecule has 134 valence electrons. The molecular weight excluding hydrogens is 336 g/mol. The van der Waals surface area contributed by atoms with Crippen LogP contribution in [0.1, 0.15) is 20.8 Å². The minimum atomic E-state index is -3.90. The molecule has 1 saturated heterocycles. The van der Waals surface area contributed by atoms with E-state index in [1.54, 1.807) is 12.1 Å². The number of ether oxygens (including phenoxy) is 2. The van der Waals surface area contributed by atoms with Gasteiger partial charge in [-0.25, -0.2) is 13.9 Å². The summed E-state index contributed by atoms with van der Waals surface area (Å²) in [5.41, 5.74) is 1.08. The van der Waals surface area contributed by atoms with Crippen molar-refractivity contribution in [3.63, 3.8) is 0 Å². The number of nitrogens with one attached hydrogen (secondary N) is 1. The predicted molar refractivity (Wildman–Crippen MR) is 85.3 cm³/mol. The summed E-state index contributed by atoms with van der Waals surface area (Å²) < 4.78 is 37.4. The van der Waals surface area contributed by atoms with Crippen LogP contribution in [0.3, 0.4) is 0 Å². The maximum atomic E-state index is 12.8. The van der Waals surface area contributed by atoms with Crippen molar-refractivity contribution in [1.29, 1.82) is 0 Å². The number of carbonyl (C=O) groups excluding carboxylic acids is 1. The van der Waals surface area contributed by atoms with Crippen LogP contribution >= 0.6 is 0 Å². The first-order valence-electron chi connectivity index (χ1n) is 7.48. The minimum Gasteiger partial charge on any atom is -0.488 e. The number of hydrogen-bond acceptors (Lipinski definition) is 6. The Morgan fingerprint density at radius 2 is 1.96 bits per heavy atom. The van der Waals surface area contributed by atoms with Gasteiger partial charge in [-0.3, -0.25) is 10.0 Å². The fourth-order valence-corrected chi connectivity index (χ4v) is 3.88. The molecule has 24 heavy (non-hydrogen) atoms. The molecule has 2 rings (SSSR count). The van der Waals surface area contributed by atoms with Crippen LogP contribution < -0.4 is 10.2 Å². The van der Waals surface area contributed by atoms with Crippen LogP contribution in [0.25, 0.3) is 0 Å². The Balaban J connectivity index is 2.26. The number of carbonyl (C=O) groups is 1. The molecule has 1 heterocycles. The zero-order valence-corrected chi connectivity index (χ0v) is 14.7. The number of rotatable bonds is 4. The molecule has 0 radical (unpaired) electrons. The van der Waals surface area contributed by atoms with Gasteiger partial charge in [0.15, 0.2) is 0 Å². The van der Waals surface area contributed by atoms with Crippen molar-refractivity contribution in [2.45, 2.75) is 37.3 Å². The zero-order chi connectivity index (χ0) is 18.0. The van der Waals surface area contributed by atoms with Crippen molar-refractivity contribution in [3.8, 4) is 5.75 Å². The number of amides is 1. The molecule has 0 aromatic heterocycles. The molecule has 0 spiro atoms. The molecule has 0 saturated carbocycles. The lowest BCUT2D eigenvalue weighted by Crippen LogP contribution is -2.55. The number of nitrogens with zero attached hydrogens (tertiary/aromatic N) is 1. The van der Waals surface area contributed by atoms with Gasteiger partial charge in [0.05, 0.1) is 18.1 Å². The smallest absolute Gasteiger partial charge is 0.264 e. The second-order valence-corrected chi connectivity index (χ2v) is 8.26. The summed E-state index contributed by atoms with van der Waals surface area (Å²) in [6, 6.07) is 4.89. The highest BCUT2D eigenvalue weighted by atomic mass is 32.2. The average Bonchev–Trinajstić information content (AvgIpc) is 2.53. The van der Waals surface area contributed by atoms with Crippen molar-refractivity contribution < 1.29 is 27.9 Å². The van der Waals surface area contributed by atoms with E-state index in [2.05, 4.69) is 0 Å². The van der Waals surface area contributed by atoms with E-state index in [0.29, 0.717) is 5.75 Å². The Hall–Kier alpha value is -1.68. The van der Waals surface area contributed by atoms with Gasteiger partial charge in [-0.2, -0.15) is 4.31 Å². The predicted octanol–water partition coefficient (Wildman–Crippen LogP) is 0.759. The van der Waals surface area contributed by atoms with Crippen molar-refractivity contribution >= 4 is 15.9 Å². The maximum Gasteiger partial charge on any atom is 0.264 e. The van der Waals surface area contributed by atoms with Crippen molar-refractivity contribution in [3.05, 3.63) is 24.3 Å². The third-order valence-electron chi connectivity index (χ3n) is 3.35. The number of hydrogen-bond donors (Lipinski definition) is 2. The Morgan fingerprint density at radius 3 is 2.50 bits per heavy atom. The highest BCUT2D eigenvalue weighted by Crippen LogP contribution is 2.24. The van der Waals surface area contributed by atoms with Crippen molar-refractivity contribution in [1.82, 2.24) is 9.79 Å². The maximum absolute atomic E-state index is 12.8. The lowest BCUT2D eigenvalue weighted by molar-refractivity contribution is -0.137. The van der Waals surface area contributed by atoms with E-state index in [1.165, 1.54) is 17.6 Å². The number of benzene rings is 1. The largest absolute Gasteiger partial charge is 0.488 e. The van der Waals surface area contributed by atoms with Crippen LogP contribution in [0, 0.1) is 0 Å². The molecule has 1 aromatic carbocycles. The Morgan fingerprint density at radius 1 is 1.33 bits per heavy atom. The fourth-order valence-electron chi connectivity index (χ4n) is 2.33. The summed E-state index contributed by atoms with van der Waals surface area (Å²) in [5.74, 6) is -0.279. The van der Waals surface area contributed by atoms with Gasteiger partial charge in [-0.15, -0.1) is 0 Å². The monoisotopic (exact) mass is 358 g/mol. The van der Waals surface area contributed by atoms with E-state index in [1.807, 2.05) is 20.8 Å². The first-order valence-corrected chi connectivity index (χ1v) is 8.92. The highest BCUT2D eigenvalue weighted by Gasteiger charge is 2.38. The van der Waals surface area contributed by atoms with Gasteiger partial charge in [0, 0.05) is 6.54 Å². The van der Waals surface area contributed by atoms with Crippen LogP contribution in [0.5, 0.6) is 5.75 Å². The second kappa shape index (κ2) is 7.06. The normalized spacial score (nSPS) is 19.8. The summed E-state index contributed by atoms with van der Waals surface area (Å²) >= 11 is 0. The molecule has 1 unspecified atom stereocenters. The minimum absolute atomic E-state index is 0.0284. The zero-order valence-electron chi connectivity index (χ0n) is 13.9. The summed E-state index contributed by atoms with van der Waals surface area (Å²) in [6.45, 7) is 5.77. The second-order valence-electron chi connectivity index (χ2n) is 6.37. The molecule has 1 aliphatic heterocycles. The Kier molecular flexibility index (Phi) is 5.49. The lowest BCUT2D eigenvalue weighted by Gasteiger charge is -2.32. The highest BCUT2D eigenvalue weighted by molar-refractivity contribution is 7.89. The molecule has 1 fully saturated rings. The molecule has 9 heteroatoms. The standard InChI is InChI=1S/C15H22N2O6S/c1-15(2,3)23-11-4-6-12(7-5-11)24(20,21)17-8-9-22-10-13(17)14(18)16-19/h4-7,13,19H,8-10H2,1-3H3,(H,16,18). The number of morpholine rings is 1. The van der Waals surface area contributed by atoms with E-state index < -0.39 is 27.6 Å². The Labute approximate surface area is 141 Å². The molecular formula is C15H22N2O6S. The van der Waals surface area contributed by atoms with Crippen LogP contribution in [0.4, 0.5) is 0 Å². The summed E-state index contributed by atoms with van der Waals surface area (Å²) in [4.78, 5) is 11.7. The first-order chi connectivity index (χ1) is 11.1. The molecule has 2 N–H and O–H groups in total. The van der Waals surface area contributed by atoms with Crippen LogP contribution in [-0.4, -0.2) is 55.2 Å². The molecule has 1 amide bonds. The molecule has 8 nitrogen and oxygen atoms in total. The number of hydroxylamine groups is 1. The van der Waals surface area contributed by atoms with Gasteiger partial charge >= 0.3 is 0 Å². The van der Waals surface area contributed by atoms with E-state index >= 15 is 0 Å². The Bertz CT molecular complexity index is 681. The number of sulfonamides is 1. The SMILES string of the molecule is CC(C)(C)Oc1ccc(S(=O)(=O)N2CCOCC2C(=O)NO)cc1. The third-order valence-corrected chi connectivity index (χ3v) is 5.27. The van der Waals surface area contributed by atoms with Crippen LogP contribution in [0.2, 0.25) is 0 Å². The topological polar surface area (TPSA) is 105 Å². The third kappa shape index (κ3) is 4.23. The van der Waals surface area contributed by atoms with Crippen LogP contribution in [0.15, 0.2) is 29.2 Å². The quantitative estimate of drug-likeness (QED) is 0.608. The molecule has 0 bridgehead atoms. The molecule has 1 aromatic rings. The fraction of sp³-hybridized carbons (Fsp3) is 0.533. The van der Waals surface area contributed by atoms with E-state index in [0.717, 1.165) is 4.31 Å². The van der Waals surface area contributed by atoms with E-state index in [4.69, 9.17) is 14.7 Å². The van der Waals surface area contributed by atoms with E-state index in [9.17, 15) is 13.2 Å². The van der Waals surface area contributed by atoms with Crippen molar-refractivity contribution in [2.24, 2.45) is 0 Å². The molecule has 1 aliphatic rings. The van der Waals surface area contributed by atoms with E-state index in [-0.39, 0.29) is 24.7 Å². The average molecular weight is 358 g/mol.